The topological polar surface area (TPSA) is 35.6 Å². The van der Waals surface area contributed by atoms with Gasteiger partial charge in [0.2, 0.25) is 5.91 Å². The molecule has 5 heteroatoms. The van der Waals surface area contributed by atoms with Crippen molar-refractivity contribution in [1.29, 1.82) is 0 Å². The Morgan fingerprint density at radius 1 is 1.26 bits per heavy atom. The third-order valence-electron chi connectivity index (χ3n) is 4.36. The standard InChI is InChI=1S/C18H25N3OS/c1-2-13-23-17-6-4-3-5-16(17)19-18(22)14-20-9-11-21(12-10-20)15-7-8-15/h2-6,15H,1,7-14H2,(H,19,22). The number of carbonyl (C=O) groups is 1. The van der Waals surface area contributed by atoms with Gasteiger partial charge in [-0.15, -0.1) is 18.3 Å². The zero-order chi connectivity index (χ0) is 16.1. The van der Waals surface area contributed by atoms with Gasteiger partial charge in [0.05, 0.1) is 12.2 Å². The van der Waals surface area contributed by atoms with E-state index in [1.807, 2.05) is 30.3 Å². The van der Waals surface area contributed by atoms with Crippen molar-refractivity contribution in [3.8, 4) is 0 Å². The van der Waals surface area contributed by atoms with Crippen LogP contribution < -0.4 is 5.32 Å². The molecule has 2 aliphatic rings. The first-order chi connectivity index (χ1) is 11.3. The first-order valence-corrected chi connectivity index (χ1v) is 9.34. The van der Waals surface area contributed by atoms with Gasteiger partial charge < -0.3 is 5.32 Å². The molecule has 4 nitrogen and oxygen atoms in total. The molecule has 3 rings (SSSR count). The van der Waals surface area contributed by atoms with Crippen molar-refractivity contribution in [3.05, 3.63) is 36.9 Å². The summed E-state index contributed by atoms with van der Waals surface area (Å²) in [6.07, 6.45) is 4.60. The fourth-order valence-corrected chi connectivity index (χ4v) is 3.71. The number of rotatable bonds is 7. The lowest BCUT2D eigenvalue weighted by molar-refractivity contribution is -0.117. The SMILES string of the molecule is C=CCSc1ccccc1NC(=O)CN1CCN(C2CC2)CC1. The maximum absolute atomic E-state index is 12.3. The minimum absolute atomic E-state index is 0.0801. The lowest BCUT2D eigenvalue weighted by Gasteiger charge is -2.34. The number of anilines is 1. The Bertz CT molecular complexity index is 551. The predicted octanol–water partition coefficient (Wildman–Crippen LogP) is 2.68. The zero-order valence-corrected chi connectivity index (χ0v) is 14.4. The molecule has 0 aromatic heterocycles. The number of piperazine rings is 1. The molecule has 23 heavy (non-hydrogen) atoms. The highest BCUT2D eigenvalue weighted by Gasteiger charge is 2.31. The van der Waals surface area contributed by atoms with Crippen LogP contribution >= 0.6 is 11.8 Å². The van der Waals surface area contributed by atoms with E-state index in [1.165, 1.54) is 12.8 Å². The molecule has 0 atom stereocenters. The van der Waals surface area contributed by atoms with Gasteiger partial charge in [-0.1, -0.05) is 18.2 Å². The third kappa shape index (κ3) is 4.83. The van der Waals surface area contributed by atoms with Crippen molar-refractivity contribution in [2.24, 2.45) is 0 Å². The lowest BCUT2D eigenvalue weighted by atomic mass is 10.3. The molecule has 1 aromatic rings. The van der Waals surface area contributed by atoms with E-state index in [0.717, 1.165) is 48.6 Å². The van der Waals surface area contributed by atoms with Crippen LogP contribution in [0.25, 0.3) is 0 Å². The molecule has 0 spiro atoms. The van der Waals surface area contributed by atoms with Crippen LogP contribution in [-0.4, -0.2) is 60.2 Å². The fraction of sp³-hybridized carbons (Fsp3) is 0.500. The molecule has 0 unspecified atom stereocenters. The van der Waals surface area contributed by atoms with Crippen molar-refractivity contribution in [2.45, 2.75) is 23.8 Å². The molecule has 2 fully saturated rings. The fourth-order valence-electron chi connectivity index (χ4n) is 2.96. The molecular formula is C18H25N3OS. The van der Waals surface area contributed by atoms with Crippen LogP contribution in [0.3, 0.4) is 0 Å². The van der Waals surface area contributed by atoms with Gasteiger partial charge in [0, 0.05) is 42.9 Å². The zero-order valence-electron chi connectivity index (χ0n) is 13.5. The van der Waals surface area contributed by atoms with Crippen LogP contribution in [0.4, 0.5) is 5.69 Å². The van der Waals surface area contributed by atoms with Gasteiger partial charge >= 0.3 is 0 Å². The van der Waals surface area contributed by atoms with Gasteiger partial charge in [-0.2, -0.15) is 0 Å². The summed E-state index contributed by atoms with van der Waals surface area (Å²) in [5.41, 5.74) is 0.904. The highest BCUT2D eigenvalue weighted by molar-refractivity contribution is 7.99. The number of carbonyl (C=O) groups excluding carboxylic acids is 1. The van der Waals surface area contributed by atoms with E-state index in [9.17, 15) is 4.79 Å². The average Bonchev–Trinajstić information content (AvgIpc) is 3.40. The van der Waals surface area contributed by atoms with Gasteiger partial charge in [0.1, 0.15) is 0 Å². The predicted molar refractivity (Wildman–Crippen MR) is 97.0 cm³/mol. The van der Waals surface area contributed by atoms with Crippen LogP contribution in [-0.2, 0) is 4.79 Å². The summed E-state index contributed by atoms with van der Waals surface area (Å²) in [6.45, 7) is 8.43. The van der Waals surface area contributed by atoms with E-state index < -0.39 is 0 Å². The number of nitrogens with one attached hydrogen (secondary N) is 1. The first-order valence-electron chi connectivity index (χ1n) is 8.35. The Kier molecular flexibility index (Phi) is 5.75. The Labute approximate surface area is 142 Å². The number of hydrogen-bond donors (Lipinski definition) is 1. The average molecular weight is 331 g/mol. The molecule has 1 aliphatic heterocycles. The van der Waals surface area contributed by atoms with E-state index in [1.54, 1.807) is 11.8 Å². The van der Waals surface area contributed by atoms with Crippen molar-refractivity contribution in [2.75, 3.05) is 43.8 Å². The van der Waals surface area contributed by atoms with Crippen LogP contribution in [0.2, 0.25) is 0 Å². The molecule has 1 N–H and O–H groups in total. The third-order valence-corrected chi connectivity index (χ3v) is 5.42. The number of hydrogen-bond acceptors (Lipinski definition) is 4. The summed E-state index contributed by atoms with van der Waals surface area (Å²) in [6, 6.07) is 8.80. The smallest absolute Gasteiger partial charge is 0.238 e. The first kappa shape index (κ1) is 16.6. The van der Waals surface area contributed by atoms with Crippen molar-refractivity contribution >= 4 is 23.4 Å². The quantitative estimate of drug-likeness (QED) is 0.615. The molecule has 0 radical (unpaired) electrons. The highest BCUT2D eigenvalue weighted by Crippen LogP contribution is 2.28. The van der Waals surface area contributed by atoms with Crippen LogP contribution in [0.5, 0.6) is 0 Å². The molecule has 1 aromatic carbocycles. The minimum Gasteiger partial charge on any atom is -0.324 e. The van der Waals surface area contributed by atoms with E-state index >= 15 is 0 Å². The summed E-state index contributed by atoms with van der Waals surface area (Å²) < 4.78 is 0. The molecule has 1 saturated heterocycles. The van der Waals surface area contributed by atoms with Crippen LogP contribution in [0.1, 0.15) is 12.8 Å². The Morgan fingerprint density at radius 3 is 2.70 bits per heavy atom. The summed E-state index contributed by atoms with van der Waals surface area (Å²) in [4.78, 5) is 18.3. The van der Waals surface area contributed by atoms with Crippen molar-refractivity contribution in [1.82, 2.24) is 9.80 Å². The van der Waals surface area contributed by atoms with E-state index in [0.29, 0.717) is 6.54 Å². The monoisotopic (exact) mass is 331 g/mol. The van der Waals surface area contributed by atoms with Gasteiger partial charge in [-0.3, -0.25) is 14.6 Å². The maximum Gasteiger partial charge on any atom is 0.238 e. The molecule has 1 saturated carbocycles. The number of thioether (sulfide) groups is 1. The van der Waals surface area contributed by atoms with Gasteiger partial charge in [-0.05, 0) is 25.0 Å². The van der Waals surface area contributed by atoms with E-state index in [-0.39, 0.29) is 5.91 Å². The van der Waals surface area contributed by atoms with Crippen LogP contribution in [0, 0.1) is 0 Å². The minimum atomic E-state index is 0.0801. The molecule has 1 aliphatic carbocycles. The van der Waals surface area contributed by atoms with E-state index in [2.05, 4.69) is 21.7 Å². The number of benzene rings is 1. The van der Waals surface area contributed by atoms with Crippen LogP contribution in [0.15, 0.2) is 41.8 Å². The molecule has 124 valence electrons. The maximum atomic E-state index is 12.3. The normalized spacial score (nSPS) is 19.5. The van der Waals surface area contributed by atoms with Gasteiger partial charge in [0.25, 0.3) is 0 Å². The Hall–Kier alpha value is -1.30. The highest BCUT2D eigenvalue weighted by atomic mass is 32.2. The van der Waals surface area contributed by atoms with Crippen molar-refractivity contribution < 1.29 is 4.79 Å². The van der Waals surface area contributed by atoms with Gasteiger partial charge in [-0.25, -0.2) is 0 Å². The second-order valence-electron chi connectivity index (χ2n) is 6.19. The number of para-hydroxylation sites is 1. The summed E-state index contributed by atoms with van der Waals surface area (Å²) >= 11 is 1.69. The largest absolute Gasteiger partial charge is 0.324 e. The summed E-state index contributed by atoms with van der Waals surface area (Å²) in [5.74, 6) is 0.923. The number of amides is 1. The molecule has 0 bridgehead atoms. The molecule has 1 heterocycles. The van der Waals surface area contributed by atoms with Gasteiger partial charge in [0.15, 0.2) is 0 Å². The lowest BCUT2D eigenvalue weighted by Crippen LogP contribution is -2.49. The summed E-state index contributed by atoms with van der Waals surface area (Å²) in [7, 11) is 0. The Morgan fingerprint density at radius 2 is 2.00 bits per heavy atom. The Balaban J connectivity index is 1.48. The second-order valence-corrected chi connectivity index (χ2v) is 7.25. The number of nitrogens with zero attached hydrogens (tertiary/aromatic N) is 2. The van der Waals surface area contributed by atoms with Crippen molar-refractivity contribution in [3.63, 3.8) is 0 Å². The van der Waals surface area contributed by atoms with E-state index in [4.69, 9.17) is 0 Å². The second kappa shape index (κ2) is 7.99. The molecular weight excluding hydrogens is 306 g/mol. The summed E-state index contributed by atoms with van der Waals surface area (Å²) in [5, 5.41) is 3.06. The molecule has 1 amide bonds.